The normalized spacial score (nSPS) is 17.1. The molecule has 20 heavy (non-hydrogen) atoms. The lowest BCUT2D eigenvalue weighted by Gasteiger charge is -2.20. The Bertz CT molecular complexity index is 393. The van der Waals surface area contributed by atoms with E-state index in [0.717, 1.165) is 25.3 Å². The van der Waals surface area contributed by atoms with E-state index in [2.05, 4.69) is 34.0 Å². The molecule has 1 atom stereocenters. The summed E-state index contributed by atoms with van der Waals surface area (Å²) in [6, 6.07) is 1.87. The minimum absolute atomic E-state index is 0.614. The zero-order valence-corrected chi connectivity index (χ0v) is 12.6. The molecular formula is C15H26N4O. The largest absolute Gasteiger partial charge is 0.478 e. The van der Waals surface area contributed by atoms with Crippen LogP contribution in [0.1, 0.15) is 33.1 Å². The van der Waals surface area contributed by atoms with Gasteiger partial charge in [-0.05, 0) is 38.3 Å². The smallest absolute Gasteiger partial charge is 0.218 e. The minimum Gasteiger partial charge on any atom is -0.478 e. The van der Waals surface area contributed by atoms with E-state index in [1.807, 2.05) is 6.07 Å². The van der Waals surface area contributed by atoms with Gasteiger partial charge in [0, 0.05) is 19.2 Å². The summed E-state index contributed by atoms with van der Waals surface area (Å²) in [7, 11) is 0. The second-order valence-electron chi connectivity index (χ2n) is 5.58. The number of hydrogen-bond acceptors (Lipinski definition) is 5. The third-order valence-corrected chi connectivity index (χ3v) is 3.50. The van der Waals surface area contributed by atoms with Crippen LogP contribution in [-0.4, -0.2) is 47.7 Å². The van der Waals surface area contributed by atoms with Crippen molar-refractivity contribution in [2.75, 3.05) is 38.1 Å². The summed E-state index contributed by atoms with van der Waals surface area (Å²) in [6.45, 7) is 9.67. The molecule has 112 valence electrons. The Morgan fingerprint density at radius 2 is 2.15 bits per heavy atom. The van der Waals surface area contributed by atoms with Crippen LogP contribution in [0.5, 0.6) is 5.88 Å². The van der Waals surface area contributed by atoms with Gasteiger partial charge in [-0.25, -0.2) is 9.97 Å². The maximum Gasteiger partial charge on any atom is 0.218 e. The fourth-order valence-corrected chi connectivity index (χ4v) is 2.47. The van der Waals surface area contributed by atoms with E-state index >= 15 is 0 Å². The molecule has 0 spiro atoms. The van der Waals surface area contributed by atoms with Crippen molar-refractivity contribution in [2.24, 2.45) is 5.92 Å². The number of hydrogen-bond donors (Lipinski definition) is 1. The molecule has 1 N–H and O–H groups in total. The van der Waals surface area contributed by atoms with E-state index in [4.69, 9.17) is 4.74 Å². The predicted octanol–water partition coefficient (Wildman–Crippen LogP) is 2.41. The molecule has 1 aliphatic rings. The van der Waals surface area contributed by atoms with Crippen molar-refractivity contribution < 1.29 is 4.74 Å². The Morgan fingerprint density at radius 1 is 1.35 bits per heavy atom. The number of nitrogens with zero attached hydrogens (tertiary/aromatic N) is 3. The molecule has 1 fully saturated rings. The van der Waals surface area contributed by atoms with E-state index in [0.29, 0.717) is 18.4 Å². The Morgan fingerprint density at radius 3 is 2.90 bits per heavy atom. The Hall–Kier alpha value is -1.36. The van der Waals surface area contributed by atoms with Gasteiger partial charge in [0.15, 0.2) is 0 Å². The summed E-state index contributed by atoms with van der Waals surface area (Å²) in [6.07, 6.45) is 5.24. The van der Waals surface area contributed by atoms with Crippen LogP contribution in [0.25, 0.3) is 0 Å². The number of ether oxygens (including phenoxy) is 1. The molecule has 0 saturated carbocycles. The lowest BCUT2D eigenvalue weighted by atomic mass is 10.1. The monoisotopic (exact) mass is 278 g/mol. The van der Waals surface area contributed by atoms with Crippen LogP contribution in [0, 0.1) is 5.92 Å². The fraction of sp³-hybridized carbons (Fsp3) is 0.733. The molecule has 1 aromatic heterocycles. The summed E-state index contributed by atoms with van der Waals surface area (Å²) >= 11 is 0. The average molecular weight is 278 g/mol. The van der Waals surface area contributed by atoms with Gasteiger partial charge in [0.25, 0.3) is 0 Å². The molecule has 5 nitrogen and oxygen atoms in total. The van der Waals surface area contributed by atoms with E-state index in [1.165, 1.54) is 25.9 Å². The molecule has 0 radical (unpaired) electrons. The topological polar surface area (TPSA) is 50.3 Å². The number of anilines is 1. The molecule has 0 amide bonds. The molecule has 2 heterocycles. The highest BCUT2D eigenvalue weighted by atomic mass is 16.5. The Kier molecular flexibility index (Phi) is 6.05. The van der Waals surface area contributed by atoms with Gasteiger partial charge in [0.05, 0.1) is 6.61 Å². The SMILES string of the molecule is CCCOc1cc(NCC(C)CN2CCCC2)ncn1. The predicted molar refractivity (Wildman–Crippen MR) is 81.1 cm³/mol. The quantitative estimate of drug-likeness (QED) is 0.791. The molecule has 1 saturated heterocycles. The van der Waals surface area contributed by atoms with Crippen LogP contribution in [0.3, 0.4) is 0 Å². The highest BCUT2D eigenvalue weighted by Gasteiger charge is 2.14. The molecule has 0 bridgehead atoms. The van der Waals surface area contributed by atoms with Crippen molar-refractivity contribution in [2.45, 2.75) is 33.1 Å². The standard InChI is InChI=1S/C15H26N4O/c1-3-8-20-15-9-14(17-12-18-15)16-10-13(2)11-19-6-4-5-7-19/h9,12-13H,3-8,10-11H2,1-2H3,(H,16,17,18). The summed E-state index contributed by atoms with van der Waals surface area (Å²) in [5, 5.41) is 3.38. The van der Waals surface area contributed by atoms with Crippen LogP contribution in [0.4, 0.5) is 5.82 Å². The van der Waals surface area contributed by atoms with Gasteiger partial charge in [0.2, 0.25) is 5.88 Å². The molecule has 5 heteroatoms. The van der Waals surface area contributed by atoms with Crippen LogP contribution in [0.15, 0.2) is 12.4 Å². The van der Waals surface area contributed by atoms with Gasteiger partial charge < -0.3 is 15.0 Å². The van der Waals surface area contributed by atoms with Gasteiger partial charge in [-0.3, -0.25) is 0 Å². The molecule has 0 aliphatic carbocycles. The van der Waals surface area contributed by atoms with Crippen LogP contribution in [0.2, 0.25) is 0 Å². The van der Waals surface area contributed by atoms with Crippen LogP contribution < -0.4 is 10.1 Å². The molecular weight excluding hydrogens is 252 g/mol. The lowest BCUT2D eigenvalue weighted by Crippen LogP contribution is -2.29. The maximum absolute atomic E-state index is 5.51. The van der Waals surface area contributed by atoms with Gasteiger partial charge in [-0.15, -0.1) is 0 Å². The number of nitrogens with one attached hydrogen (secondary N) is 1. The Labute approximate surface area is 121 Å². The van der Waals surface area contributed by atoms with Gasteiger partial charge in [0.1, 0.15) is 12.1 Å². The summed E-state index contributed by atoms with van der Waals surface area (Å²) in [5.74, 6) is 2.11. The van der Waals surface area contributed by atoms with Crippen LogP contribution in [-0.2, 0) is 0 Å². The lowest BCUT2D eigenvalue weighted by molar-refractivity contribution is 0.294. The Balaban J connectivity index is 1.74. The first kappa shape index (κ1) is 15.0. The van der Waals surface area contributed by atoms with Crippen molar-refractivity contribution >= 4 is 5.82 Å². The molecule has 1 aromatic rings. The first-order valence-corrected chi connectivity index (χ1v) is 7.69. The third-order valence-electron chi connectivity index (χ3n) is 3.50. The second kappa shape index (κ2) is 8.04. The van der Waals surface area contributed by atoms with Gasteiger partial charge >= 0.3 is 0 Å². The summed E-state index contributed by atoms with van der Waals surface area (Å²) < 4.78 is 5.51. The summed E-state index contributed by atoms with van der Waals surface area (Å²) in [4.78, 5) is 10.9. The highest BCUT2D eigenvalue weighted by molar-refractivity contribution is 5.36. The molecule has 0 aromatic carbocycles. The van der Waals surface area contributed by atoms with Gasteiger partial charge in [-0.1, -0.05) is 13.8 Å². The molecule has 1 unspecified atom stereocenters. The van der Waals surface area contributed by atoms with Gasteiger partial charge in [-0.2, -0.15) is 0 Å². The van der Waals surface area contributed by atoms with E-state index in [-0.39, 0.29) is 0 Å². The first-order valence-electron chi connectivity index (χ1n) is 7.69. The van der Waals surface area contributed by atoms with E-state index in [9.17, 15) is 0 Å². The molecule has 2 rings (SSSR count). The fourth-order valence-electron chi connectivity index (χ4n) is 2.47. The van der Waals surface area contributed by atoms with E-state index in [1.54, 1.807) is 6.33 Å². The minimum atomic E-state index is 0.614. The van der Waals surface area contributed by atoms with E-state index < -0.39 is 0 Å². The van der Waals surface area contributed by atoms with Crippen molar-refractivity contribution in [1.82, 2.24) is 14.9 Å². The first-order chi connectivity index (χ1) is 9.78. The summed E-state index contributed by atoms with van der Waals surface area (Å²) in [5.41, 5.74) is 0. The van der Waals surface area contributed by atoms with Crippen molar-refractivity contribution in [3.63, 3.8) is 0 Å². The average Bonchev–Trinajstić information content (AvgIpc) is 2.96. The maximum atomic E-state index is 5.51. The zero-order chi connectivity index (χ0) is 14.2. The second-order valence-corrected chi connectivity index (χ2v) is 5.58. The highest BCUT2D eigenvalue weighted by Crippen LogP contribution is 2.13. The molecule has 1 aliphatic heterocycles. The number of likely N-dealkylation sites (tertiary alicyclic amines) is 1. The number of aromatic nitrogens is 2. The number of rotatable bonds is 8. The van der Waals surface area contributed by atoms with Crippen LogP contribution >= 0.6 is 0 Å². The van der Waals surface area contributed by atoms with Crippen molar-refractivity contribution in [3.8, 4) is 5.88 Å². The zero-order valence-electron chi connectivity index (χ0n) is 12.6. The van der Waals surface area contributed by atoms with Crippen molar-refractivity contribution in [1.29, 1.82) is 0 Å². The van der Waals surface area contributed by atoms with Crippen molar-refractivity contribution in [3.05, 3.63) is 12.4 Å². The third kappa shape index (κ3) is 4.96.